The minimum Gasteiger partial charge on any atom is -0.306 e. The summed E-state index contributed by atoms with van der Waals surface area (Å²) >= 11 is -4.45. The van der Waals surface area contributed by atoms with Crippen molar-refractivity contribution in [3.63, 3.8) is 0 Å². The van der Waals surface area contributed by atoms with E-state index in [2.05, 4.69) is 42.8 Å². The van der Waals surface area contributed by atoms with Gasteiger partial charge in [-0.15, -0.1) is 23.7 Å². The highest BCUT2D eigenvalue weighted by Gasteiger charge is 2.32. The van der Waals surface area contributed by atoms with E-state index in [4.69, 9.17) is 0 Å². The van der Waals surface area contributed by atoms with E-state index in [-0.39, 0.29) is 22.3 Å². The summed E-state index contributed by atoms with van der Waals surface area (Å²) in [7, 11) is 0. The topological polar surface area (TPSA) is 0 Å². The third-order valence-corrected chi connectivity index (χ3v) is 8.89. The first-order chi connectivity index (χ1) is 22.7. The molecule has 0 amide bonds. The van der Waals surface area contributed by atoms with Crippen LogP contribution in [-0.2, 0) is 24.7 Å². The first-order valence-electron chi connectivity index (χ1n) is 13.7. The second kappa shape index (κ2) is 14.1. The quantitative estimate of drug-likeness (QED) is 0.0973. The summed E-state index contributed by atoms with van der Waals surface area (Å²) < 4.78 is 157. The van der Waals surface area contributed by atoms with E-state index in [0.717, 1.165) is 97.1 Å². The van der Waals surface area contributed by atoms with Crippen molar-refractivity contribution >= 4 is 13.1 Å². The van der Waals surface area contributed by atoms with E-state index in [0.29, 0.717) is 0 Å². The third-order valence-electron chi connectivity index (χ3n) is 6.58. The summed E-state index contributed by atoms with van der Waals surface area (Å²) in [5.41, 5.74) is -3.57. The molecule has 248 valence electrons. The summed E-state index contributed by atoms with van der Waals surface area (Å²) in [5, 5.41) is 0. The van der Waals surface area contributed by atoms with Crippen LogP contribution in [0.2, 0.25) is 0 Å². The van der Waals surface area contributed by atoms with E-state index >= 15 is 0 Å². The van der Waals surface area contributed by atoms with Gasteiger partial charge in [-0.1, -0.05) is 0 Å². The number of rotatable bonds is 0. The Bertz CT molecular complexity index is 1730. The fourth-order valence-electron chi connectivity index (χ4n) is 3.95. The fraction of sp³-hybridized carbons (Fsp3) is 0.111. The fourth-order valence-corrected chi connectivity index (χ4v) is 5.92. The molecule has 49 heavy (non-hydrogen) atoms. The van der Waals surface area contributed by atoms with Gasteiger partial charge in [-0.25, -0.2) is 0 Å². The molecular formula is C36H16AlF12-. The summed E-state index contributed by atoms with van der Waals surface area (Å²) in [6.07, 6.45) is -18.6. The maximum absolute atomic E-state index is 13.1. The molecular weight excluding hydrogens is 687 g/mol. The van der Waals surface area contributed by atoms with E-state index in [1.54, 1.807) is 0 Å². The summed E-state index contributed by atoms with van der Waals surface area (Å²) in [5.74, 6) is 10.7. The number of halogens is 12. The van der Waals surface area contributed by atoms with Gasteiger partial charge in [0.05, 0.1) is 22.3 Å². The Balaban J connectivity index is 1.91. The highest BCUT2D eigenvalue weighted by Crippen LogP contribution is 2.31. The molecule has 0 aliphatic heterocycles. The molecule has 0 bridgehead atoms. The zero-order valence-corrected chi connectivity index (χ0v) is 25.5. The molecule has 0 aliphatic carbocycles. The van der Waals surface area contributed by atoms with Crippen molar-refractivity contribution in [3.05, 3.63) is 142 Å². The van der Waals surface area contributed by atoms with Gasteiger partial charge in [-0.2, -0.15) is 52.7 Å². The molecule has 0 heterocycles. The summed E-state index contributed by atoms with van der Waals surface area (Å²) in [4.78, 5) is 11.2. The Morgan fingerprint density at radius 3 is 0.592 bits per heavy atom. The Morgan fingerprint density at radius 1 is 0.286 bits per heavy atom. The van der Waals surface area contributed by atoms with Crippen LogP contribution < -0.4 is 0 Å². The number of hydrogen-bond donors (Lipinski definition) is 0. The average molecular weight is 703 g/mol. The molecule has 0 N–H and O–H groups in total. The predicted octanol–water partition coefficient (Wildman–Crippen LogP) is 9.87. The predicted molar refractivity (Wildman–Crippen MR) is 159 cm³/mol. The Hall–Kier alpha value is -5.19. The SMILES string of the molecule is FC(F)(F)c1ccc(C#[C][Al-]([C]#Cc2ccc(C(F)(F)F)cc2)([C]#Cc2ccc(C(F)(F)F)cc2)[C]#Cc2ccc(C(F)(F)F)cc2)cc1. The van der Waals surface area contributed by atoms with Gasteiger partial charge in [0, 0.05) is 22.3 Å². The molecule has 0 unspecified atom stereocenters. The molecule has 0 saturated heterocycles. The standard InChI is InChI=1S/4C9H4F3.Al/c4*1-2-7-3-5-8(6-4-7)9(10,11)12;/h4*3-6H;/q;;;;-1. The van der Waals surface area contributed by atoms with E-state index in [1.165, 1.54) is 0 Å². The summed E-state index contributed by atoms with van der Waals surface area (Å²) in [6.45, 7) is 0. The molecule has 0 atom stereocenters. The largest absolute Gasteiger partial charge is 0.486 e. The van der Waals surface area contributed by atoms with Crippen molar-refractivity contribution in [1.29, 1.82) is 0 Å². The van der Waals surface area contributed by atoms with Crippen LogP contribution in [0, 0.1) is 42.8 Å². The van der Waals surface area contributed by atoms with E-state index in [9.17, 15) is 52.7 Å². The lowest BCUT2D eigenvalue weighted by Gasteiger charge is -2.12. The van der Waals surface area contributed by atoms with Crippen molar-refractivity contribution in [2.45, 2.75) is 24.7 Å². The van der Waals surface area contributed by atoms with Crippen LogP contribution in [0.25, 0.3) is 0 Å². The molecule has 0 fully saturated rings. The number of alkyl halides is 12. The van der Waals surface area contributed by atoms with Crippen molar-refractivity contribution in [2.24, 2.45) is 0 Å². The molecule has 0 aliphatic rings. The lowest BCUT2D eigenvalue weighted by atomic mass is 10.1. The number of hydrogen-bond acceptors (Lipinski definition) is 0. The molecule has 4 aromatic carbocycles. The lowest BCUT2D eigenvalue weighted by Crippen LogP contribution is -2.29. The highest BCUT2D eigenvalue weighted by atomic mass is 27.2. The molecule has 0 nitrogen and oxygen atoms in total. The smallest absolute Gasteiger partial charge is 0.306 e. The molecule has 13 heteroatoms. The first-order valence-corrected chi connectivity index (χ1v) is 16.0. The van der Waals surface area contributed by atoms with Crippen molar-refractivity contribution < 1.29 is 52.7 Å². The van der Waals surface area contributed by atoms with Crippen LogP contribution >= 0.6 is 0 Å². The zero-order chi connectivity index (χ0) is 36.1. The zero-order valence-electron chi connectivity index (χ0n) is 24.4. The van der Waals surface area contributed by atoms with E-state index < -0.39 is 60.0 Å². The van der Waals surface area contributed by atoms with Gasteiger partial charge in [0.1, 0.15) is 0 Å². The Morgan fingerprint density at radius 2 is 0.449 bits per heavy atom. The number of benzene rings is 4. The molecule has 4 aromatic rings. The van der Waals surface area contributed by atoms with Crippen LogP contribution in [0.3, 0.4) is 0 Å². The average Bonchev–Trinajstić information content (AvgIpc) is 3.03. The maximum atomic E-state index is 13.1. The monoisotopic (exact) mass is 703 g/mol. The minimum atomic E-state index is -4.64. The van der Waals surface area contributed by atoms with Gasteiger partial charge in [-0.05, 0) is 97.1 Å². The second-order valence-electron chi connectivity index (χ2n) is 10.2. The Kier molecular flexibility index (Phi) is 10.6. The van der Waals surface area contributed by atoms with Gasteiger partial charge >= 0.3 is 37.8 Å². The van der Waals surface area contributed by atoms with Gasteiger partial charge < -0.3 is 19.1 Å². The van der Waals surface area contributed by atoms with Crippen molar-refractivity contribution in [2.75, 3.05) is 0 Å². The van der Waals surface area contributed by atoms with Crippen LogP contribution in [0.5, 0.6) is 0 Å². The van der Waals surface area contributed by atoms with Gasteiger partial charge in [0.25, 0.3) is 0 Å². The minimum absolute atomic E-state index is 0.0707. The van der Waals surface area contributed by atoms with Crippen LogP contribution in [0.1, 0.15) is 44.5 Å². The van der Waals surface area contributed by atoms with Crippen molar-refractivity contribution in [1.82, 2.24) is 0 Å². The van der Waals surface area contributed by atoms with Gasteiger partial charge in [-0.3, -0.25) is 0 Å². The third kappa shape index (κ3) is 10.4. The first kappa shape index (κ1) is 36.6. The molecule has 0 spiro atoms. The molecule has 4 rings (SSSR count). The lowest BCUT2D eigenvalue weighted by molar-refractivity contribution is -0.138. The molecule has 0 radical (unpaired) electrons. The van der Waals surface area contributed by atoms with Crippen LogP contribution in [0.4, 0.5) is 52.7 Å². The van der Waals surface area contributed by atoms with E-state index in [1.807, 2.05) is 0 Å². The van der Waals surface area contributed by atoms with Crippen molar-refractivity contribution in [3.8, 4) is 42.8 Å². The normalized spacial score (nSPS) is 11.8. The van der Waals surface area contributed by atoms with Crippen LogP contribution in [-0.4, -0.2) is 13.1 Å². The highest BCUT2D eigenvalue weighted by molar-refractivity contribution is 7.06. The maximum Gasteiger partial charge on any atom is 0.486 e. The Labute approximate surface area is 274 Å². The second-order valence-corrected chi connectivity index (χ2v) is 13.1. The molecule has 0 saturated carbocycles. The van der Waals surface area contributed by atoms with Gasteiger partial charge in [0.15, 0.2) is 0 Å². The summed E-state index contributed by atoms with van der Waals surface area (Å²) in [6, 6.07) is 14.7. The van der Waals surface area contributed by atoms with Crippen LogP contribution in [0.15, 0.2) is 97.1 Å². The molecule has 0 aromatic heterocycles. The van der Waals surface area contributed by atoms with Gasteiger partial charge in [0.2, 0.25) is 0 Å².